The molecule has 0 saturated heterocycles. The van der Waals surface area contributed by atoms with E-state index in [1.807, 2.05) is 58.0 Å². The zero-order valence-corrected chi connectivity index (χ0v) is 16.1. The van der Waals surface area contributed by atoms with Gasteiger partial charge in [-0.25, -0.2) is 8.89 Å². The normalized spacial score (nSPS) is 14.0. The lowest BCUT2D eigenvalue weighted by Crippen LogP contribution is -2.20. The molecule has 5 nitrogen and oxygen atoms in total. The Hall–Kier alpha value is -2.05. The highest BCUT2D eigenvalue weighted by Gasteiger charge is 2.21. The van der Waals surface area contributed by atoms with Crippen LogP contribution in [-0.2, 0) is 11.0 Å². The van der Waals surface area contributed by atoms with Gasteiger partial charge >= 0.3 is 0 Å². The molecule has 3 aromatic rings. The van der Waals surface area contributed by atoms with Crippen LogP contribution in [0, 0.1) is 0 Å². The third-order valence-corrected chi connectivity index (χ3v) is 5.34. The molecule has 0 fully saturated rings. The summed E-state index contributed by atoms with van der Waals surface area (Å²) in [6, 6.07) is 9.35. The molecule has 0 spiro atoms. The van der Waals surface area contributed by atoms with Crippen molar-refractivity contribution in [2.45, 2.75) is 32.4 Å². The van der Waals surface area contributed by atoms with Crippen molar-refractivity contribution in [1.82, 2.24) is 14.8 Å². The average molecular weight is 375 g/mol. The second-order valence-corrected chi connectivity index (χ2v) is 9.01. The highest BCUT2D eigenvalue weighted by Crippen LogP contribution is 2.26. The van der Waals surface area contributed by atoms with Gasteiger partial charge < -0.3 is 0 Å². The van der Waals surface area contributed by atoms with E-state index in [4.69, 9.17) is 11.6 Å². The van der Waals surface area contributed by atoms with Crippen LogP contribution in [0.25, 0.3) is 16.6 Å². The fourth-order valence-electron chi connectivity index (χ4n) is 2.34. The van der Waals surface area contributed by atoms with Gasteiger partial charge in [0, 0.05) is 16.6 Å². The predicted molar refractivity (Wildman–Crippen MR) is 104 cm³/mol. The SMILES string of the molecule is C/C(=N\[S@](=O)C(C)(C)C)c1nn(-c2cccnc2)c2cc(Cl)ccc12. The number of halogens is 1. The summed E-state index contributed by atoms with van der Waals surface area (Å²) >= 11 is 6.18. The minimum atomic E-state index is -1.35. The van der Waals surface area contributed by atoms with Gasteiger partial charge in [-0.1, -0.05) is 11.6 Å². The number of nitrogens with zero attached hydrogens (tertiary/aromatic N) is 4. The molecule has 0 saturated carbocycles. The Labute approximate surface area is 154 Å². The van der Waals surface area contributed by atoms with Crippen LogP contribution in [0.4, 0.5) is 0 Å². The van der Waals surface area contributed by atoms with Gasteiger partial charge in [0.05, 0.1) is 27.9 Å². The van der Waals surface area contributed by atoms with Gasteiger partial charge in [-0.2, -0.15) is 9.50 Å². The fourth-order valence-corrected chi connectivity index (χ4v) is 3.11. The summed E-state index contributed by atoms with van der Waals surface area (Å²) in [5, 5.41) is 6.21. The van der Waals surface area contributed by atoms with Gasteiger partial charge in [0.25, 0.3) is 0 Å². The minimum Gasteiger partial charge on any atom is -0.262 e. The van der Waals surface area contributed by atoms with E-state index in [0.717, 1.165) is 16.6 Å². The molecule has 130 valence electrons. The highest BCUT2D eigenvalue weighted by atomic mass is 35.5. The van der Waals surface area contributed by atoms with Crippen molar-refractivity contribution in [2.75, 3.05) is 0 Å². The second-order valence-electron chi connectivity index (χ2n) is 6.67. The third kappa shape index (κ3) is 3.65. The first-order chi connectivity index (χ1) is 11.8. The number of hydrogen-bond donors (Lipinski definition) is 0. The molecule has 3 rings (SSSR count). The molecule has 1 aromatic carbocycles. The van der Waals surface area contributed by atoms with Crippen LogP contribution in [0.3, 0.4) is 0 Å². The van der Waals surface area contributed by atoms with Crippen molar-refractivity contribution in [1.29, 1.82) is 0 Å². The summed E-state index contributed by atoms with van der Waals surface area (Å²) < 4.78 is 18.1. The lowest BCUT2D eigenvalue weighted by molar-refractivity contribution is 0.650. The molecule has 0 amide bonds. The number of fused-ring (bicyclic) bond motifs is 1. The molecule has 2 heterocycles. The highest BCUT2D eigenvalue weighted by molar-refractivity contribution is 7.85. The molecule has 25 heavy (non-hydrogen) atoms. The Bertz CT molecular complexity index is 974. The Kier molecular flexibility index (Phi) is 4.75. The van der Waals surface area contributed by atoms with Crippen molar-refractivity contribution >= 4 is 39.2 Å². The predicted octanol–water partition coefficient (Wildman–Crippen LogP) is 4.35. The van der Waals surface area contributed by atoms with Gasteiger partial charge in [0.2, 0.25) is 0 Å². The quantitative estimate of drug-likeness (QED) is 0.640. The maximum atomic E-state index is 12.4. The first-order valence-corrected chi connectivity index (χ1v) is 9.32. The number of benzene rings is 1. The lowest BCUT2D eigenvalue weighted by atomic mass is 10.1. The summed E-state index contributed by atoms with van der Waals surface area (Å²) in [6.07, 6.45) is 3.44. The maximum absolute atomic E-state index is 12.4. The first-order valence-electron chi connectivity index (χ1n) is 7.84. The largest absolute Gasteiger partial charge is 0.262 e. The van der Waals surface area contributed by atoms with Gasteiger partial charge in [-0.05, 0) is 58.0 Å². The molecular formula is C18H19ClN4OS. The number of hydrogen-bond acceptors (Lipinski definition) is 3. The van der Waals surface area contributed by atoms with E-state index in [1.165, 1.54) is 0 Å². The monoisotopic (exact) mass is 374 g/mol. The number of rotatable bonds is 3. The number of pyridine rings is 1. The summed E-state index contributed by atoms with van der Waals surface area (Å²) in [7, 11) is -1.35. The summed E-state index contributed by atoms with van der Waals surface area (Å²) in [5.41, 5.74) is 2.99. The van der Waals surface area contributed by atoms with E-state index in [0.29, 0.717) is 16.4 Å². The molecule has 0 unspecified atom stereocenters. The van der Waals surface area contributed by atoms with Crippen molar-refractivity contribution in [3.8, 4) is 5.69 Å². The third-order valence-electron chi connectivity index (χ3n) is 3.62. The molecule has 0 aliphatic rings. The van der Waals surface area contributed by atoms with Crippen molar-refractivity contribution in [2.24, 2.45) is 4.40 Å². The molecular weight excluding hydrogens is 356 g/mol. The van der Waals surface area contributed by atoms with E-state index in [9.17, 15) is 4.21 Å². The molecule has 2 aromatic heterocycles. The Morgan fingerprint density at radius 2 is 2.04 bits per heavy atom. The van der Waals surface area contributed by atoms with Gasteiger partial charge in [0.15, 0.2) is 0 Å². The second kappa shape index (κ2) is 6.69. The first kappa shape index (κ1) is 17.8. The standard InChI is InChI=1S/C18H19ClN4OS/c1-12(22-25(24)18(2,3)4)17-15-8-7-13(19)10-16(15)23(21-17)14-6-5-9-20-11-14/h5-11H,1-4H3/b22-12+/t25-/m1/s1. The zero-order chi connectivity index (χ0) is 18.2. The zero-order valence-electron chi connectivity index (χ0n) is 14.5. The van der Waals surface area contributed by atoms with Crippen LogP contribution < -0.4 is 0 Å². The smallest absolute Gasteiger partial charge is 0.145 e. The van der Waals surface area contributed by atoms with Crippen LogP contribution in [-0.4, -0.2) is 29.4 Å². The topological polar surface area (TPSA) is 60.1 Å². The van der Waals surface area contributed by atoms with Crippen molar-refractivity contribution < 1.29 is 4.21 Å². The van der Waals surface area contributed by atoms with Crippen LogP contribution in [0.5, 0.6) is 0 Å². The van der Waals surface area contributed by atoms with Crippen molar-refractivity contribution in [3.63, 3.8) is 0 Å². The van der Waals surface area contributed by atoms with Crippen molar-refractivity contribution in [3.05, 3.63) is 53.4 Å². The maximum Gasteiger partial charge on any atom is 0.145 e. The summed E-state index contributed by atoms with van der Waals surface area (Å²) in [4.78, 5) is 4.15. The summed E-state index contributed by atoms with van der Waals surface area (Å²) in [5.74, 6) is 0. The minimum absolute atomic E-state index is 0.424. The van der Waals surface area contributed by atoms with Crippen LogP contribution in [0.2, 0.25) is 5.02 Å². The molecule has 7 heteroatoms. The fraction of sp³-hybridized carbons (Fsp3) is 0.278. The Balaban J connectivity index is 2.20. The van der Waals surface area contributed by atoms with Crippen LogP contribution in [0.15, 0.2) is 47.1 Å². The van der Waals surface area contributed by atoms with E-state index in [2.05, 4.69) is 14.5 Å². The van der Waals surface area contributed by atoms with Gasteiger partial charge in [-0.15, -0.1) is 0 Å². The number of aromatic nitrogens is 3. The molecule has 1 atom stereocenters. The van der Waals surface area contributed by atoms with E-state index in [-0.39, 0.29) is 0 Å². The van der Waals surface area contributed by atoms with E-state index >= 15 is 0 Å². The molecule has 0 bridgehead atoms. The molecule has 0 N–H and O–H groups in total. The average Bonchev–Trinajstić information content (AvgIpc) is 2.93. The van der Waals surface area contributed by atoms with Gasteiger partial charge in [-0.3, -0.25) is 4.98 Å². The van der Waals surface area contributed by atoms with E-state index in [1.54, 1.807) is 17.1 Å². The van der Waals surface area contributed by atoms with Gasteiger partial charge in [0.1, 0.15) is 16.7 Å². The summed E-state index contributed by atoms with van der Waals surface area (Å²) in [6.45, 7) is 7.51. The lowest BCUT2D eigenvalue weighted by Gasteiger charge is -2.13. The Morgan fingerprint density at radius 1 is 1.28 bits per heavy atom. The molecule has 0 radical (unpaired) electrons. The van der Waals surface area contributed by atoms with Crippen LogP contribution in [0.1, 0.15) is 33.4 Å². The Morgan fingerprint density at radius 3 is 2.68 bits per heavy atom. The van der Waals surface area contributed by atoms with Crippen LogP contribution >= 0.6 is 11.6 Å². The molecule has 0 aliphatic heterocycles. The van der Waals surface area contributed by atoms with E-state index < -0.39 is 15.7 Å². The molecule has 0 aliphatic carbocycles.